The van der Waals surface area contributed by atoms with E-state index in [-0.39, 0.29) is 28.0 Å². The normalized spacial score (nSPS) is 16.0. The van der Waals surface area contributed by atoms with Crippen LogP contribution in [0.5, 0.6) is 23.0 Å². The fourth-order valence-electron chi connectivity index (χ4n) is 2.52. The number of ether oxygens (including phenoxy) is 1. The van der Waals surface area contributed by atoms with Gasteiger partial charge in [-0.05, 0) is 18.2 Å². The quantitative estimate of drug-likeness (QED) is 0.523. The maximum atomic E-state index is 11.9. The van der Waals surface area contributed by atoms with Crippen molar-refractivity contribution in [2.45, 2.75) is 6.10 Å². The number of phenols is 4. The molecule has 0 aromatic heterocycles. The van der Waals surface area contributed by atoms with Crippen molar-refractivity contribution < 1.29 is 39.9 Å². The molecule has 1 heterocycles. The van der Waals surface area contributed by atoms with E-state index in [1.165, 1.54) is 0 Å². The minimum atomic E-state index is -1.36. The Labute approximate surface area is 128 Å². The average molecular weight is 318 g/mol. The number of carbonyl (C=O) groups is 2. The zero-order valence-electron chi connectivity index (χ0n) is 11.3. The molecule has 23 heavy (non-hydrogen) atoms. The fourth-order valence-corrected chi connectivity index (χ4v) is 2.52. The molecule has 0 spiro atoms. The van der Waals surface area contributed by atoms with Gasteiger partial charge in [-0.3, -0.25) is 0 Å². The highest BCUT2D eigenvalue weighted by Gasteiger charge is 2.38. The van der Waals surface area contributed by atoms with Crippen molar-refractivity contribution in [3.63, 3.8) is 0 Å². The molecule has 1 aliphatic rings. The maximum Gasteiger partial charge on any atom is 0.343 e. The molecule has 0 radical (unpaired) electrons. The smallest absolute Gasteiger partial charge is 0.343 e. The topological polar surface area (TPSA) is 145 Å². The van der Waals surface area contributed by atoms with Crippen LogP contribution in [0, 0.1) is 0 Å². The van der Waals surface area contributed by atoms with Gasteiger partial charge in [-0.15, -0.1) is 0 Å². The number of rotatable bonds is 2. The number of esters is 1. The number of phenolic OH excluding ortho intramolecular Hbond substituents is 4. The maximum absolute atomic E-state index is 11.9. The van der Waals surface area contributed by atoms with Crippen LogP contribution in [0.15, 0.2) is 24.3 Å². The van der Waals surface area contributed by atoms with Crippen molar-refractivity contribution in [1.29, 1.82) is 0 Å². The van der Waals surface area contributed by atoms with E-state index in [0.717, 1.165) is 24.3 Å². The molecule has 0 fully saturated rings. The van der Waals surface area contributed by atoms with Gasteiger partial charge in [-0.2, -0.15) is 0 Å². The van der Waals surface area contributed by atoms with E-state index >= 15 is 0 Å². The molecule has 0 unspecified atom stereocenters. The summed E-state index contributed by atoms with van der Waals surface area (Å²) in [6.07, 6.45) is -1.29. The van der Waals surface area contributed by atoms with E-state index in [1.54, 1.807) is 0 Å². The number of aromatic carboxylic acids is 1. The summed E-state index contributed by atoms with van der Waals surface area (Å²) in [7, 11) is 0. The van der Waals surface area contributed by atoms with Crippen LogP contribution in [0.2, 0.25) is 0 Å². The minimum absolute atomic E-state index is 0.0428. The molecular weight excluding hydrogens is 308 g/mol. The lowest BCUT2D eigenvalue weighted by Crippen LogP contribution is -2.04. The molecule has 1 aliphatic heterocycles. The standard InChI is InChI=1S/C15H10O8/c16-6-3-7-11(10(19)4-6)15(22)23-13(7)12-8(17)1-5(14(20)21)2-9(12)18/h1-4,13,16-19H,(H,20,21)/t13-/m0/s1. The Bertz CT molecular complexity index is 832. The molecule has 8 heteroatoms. The van der Waals surface area contributed by atoms with Gasteiger partial charge in [-0.1, -0.05) is 0 Å². The lowest BCUT2D eigenvalue weighted by Gasteiger charge is -2.15. The fraction of sp³-hybridized carbons (Fsp3) is 0.0667. The largest absolute Gasteiger partial charge is 0.508 e. The number of hydrogen-bond donors (Lipinski definition) is 5. The van der Waals surface area contributed by atoms with Crippen molar-refractivity contribution in [3.8, 4) is 23.0 Å². The molecule has 2 aromatic carbocycles. The highest BCUT2D eigenvalue weighted by molar-refractivity contribution is 5.98. The Morgan fingerprint density at radius 2 is 1.57 bits per heavy atom. The Morgan fingerprint density at radius 1 is 0.957 bits per heavy atom. The van der Waals surface area contributed by atoms with E-state index in [4.69, 9.17) is 9.84 Å². The first kappa shape index (κ1) is 14.5. The molecule has 0 amide bonds. The molecule has 1 atom stereocenters. The second-order valence-corrected chi connectivity index (χ2v) is 4.95. The van der Waals surface area contributed by atoms with Gasteiger partial charge >= 0.3 is 11.9 Å². The van der Waals surface area contributed by atoms with Gasteiger partial charge in [0, 0.05) is 11.6 Å². The van der Waals surface area contributed by atoms with Crippen LogP contribution in [0.4, 0.5) is 0 Å². The van der Waals surface area contributed by atoms with Crippen LogP contribution in [0.1, 0.15) is 37.9 Å². The van der Waals surface area contributed by atoms with E-state index in [1.807, 2.05) is 0 Å². The summed E-state index contributed by atoms with van der Waals surface area (Å²) in [4.78, 5) is 22.8. The number of carboxylic acid groups (broad SMARTS) is 1. The third kappa shape index (κ3) is 2.16. The summed E-state index contributed by atoms with van der Waals surface area (Å²) in [6.45, 7) is 0. The van der Waals surface area contributed by atoms with Gasteiger partial charge in [0.05, 0.1) is 11.1 Å². The van der Waals surface area contributed by atoms with E-state index in [2.05, 4.69) is 0 Å². The van der Waals surface area contributed by atoms with Crippen LogP contribution < -0.4 is 0 Å². The SMILES string of the molecule is O=C(O)c1cc(O)c([C@H]2OC(=O)c3c(O)cc(O)cc32)c(O)c1. The van der Waals surface area contributed by atoms with Crippen molar-refractivity contribution >= 4 is 11.9 Å². The number of carboxylic acids is 1. The van der Waals surface area contributed by atoms with Gasteiger partial charge in [-0.25, -0.2) is 9.59 Å². The van der Waals surface area contributed by atoms with Crippen molar-refractivity contribution in [2.75, 3.05) is 0 Å². The lowest BCUT2D eigenvalue weighted by atomic mass is 9.96. The Hall–Kier alpha value is -3.42. The summed E-state index contributed by atoms with van der Waals surface area (Å²) in [5, 5.41) is 48.2. The molecule has 3 rings (SSSR count). The number of carbonyl (C=O) groups excluding carboxylic acids is 1. The van der Waals surface area contributed by atoms with Crippen molar-refractivity contribution in [3.05, 3.63) is 46.5 Å². The highest BCUT2D eigenvalue weighted by atomic mass is 16.6. The van der Waals surface area contributed by atoms with E-state index in [0.29, 0.717) is 0 Å². The second kappa shape index (κ2) is 4.80. The summed E-state index contributed by atoms with van der Waals surface area (Å²) in [5.74, 6) is -4.31. The van der Waals surface area contributed by atoms with Gasteiger partial charge in [0.15, 0.2) is 6.10 Å². The van der Waals surface area contributed by atoms with Gasteiger partial charge < -0.3 is 30.3 Å². The molecule has 0 saturated heterocycles. The zero-order valence-corrected chi connectivity index (χ0v) is 11.3. The van der Waals surface area contributed by atoms with Crippen molar-refractivity contribution in [1.82, 2.24) is 0 Å². The third-order valence-corrected chi connectivity index (χ3v) is 3.49. The molecule has 0 aliphatic carbocycles. The van der Waals surface area contributed by atoms with Crippen LogP contribution in [-0.2, 0) is 4.74 Å². The summed E-state index contributed by atoms with van der Waals surface area (Å²) in [6, 6.07) is 3.89. The predicted molar refractivity (Wildman–Crippen MR) is 73.8 cm³/mol. The lowest BCUT2D eigenvalue weighted by molar-refractivity contribution is 0.0447. The van der Waals surface area contributed by atoms with Crippen LogP contribution in [0.3, 0.4) is 0 Å². The molecule has 2 aromatic rings. The first-order valence-electron chi connectivity index (χ1n) is 6.35. The second-order valence-electron chi connectivity index (χ2n) is 4.95. The molecule has 0 bridgehead atoms. The Morgan fingerprint density at radius 3 is 2.13 bits per heavy atom. The average Bonchev–Trinajstić information content (AvgIpc) is 2.74. The molecule has 0 saturated carbocycles. The summed E-state index contributed by atoms with van der Waals surface area (Å²) >= 11 is 0. The summed E-state index contributed by atoms with van der Waals surface area (Å²) in [5.41, 5.74) is -0.755. The monoisotopic (exact) mass is 318 g/mol. The van der Waals surface area contributed by atoms with Crippen LogP contribution in [-0.4, -0.2) is 37.5 Å². The minimum Gasteiger partial charge on any atom is -0.508 e. The first-order valence-corrected chi connectivity index (χ1v) is 6.35. The van der Waals surface area contributed by atoms with Gasteiger partial charge in [0.25, 0.3) is 0 Å². The Balaban J connectivity index is 2.20. The summed E-state index contributed by atoms with van der Waals surface area (Å²) < 4.78 is 5.04. The molecule has 8 nitrogen and oxygen atoms in total. The van der Waals surface area contributed by atoms with Crippen molar-refractivity contribution in [2.24, 2.45) is 0 Å². The molecular formula is C15H10O8. The zero-order chi connectivity index (χ0) is 16.9. The first-order chi connectivity index (χ1) is 10.8. The van der Waals surface area contributed by atoms with E-state index in [9.17, 15) is 30.0 Å². The van der Waals surface area contributed by atoms with Crippen LogP contribution in [0.25, 0.3) is 0 Å². The Kier molecular flexibility index (Phi) is 3.03. The molecule has 118 valence electrons. The van der Waals surface area contributed by atoms with Gasteiger partial charge in [0.1, 0.15) is 28.6 Å². The molecule has 5 N–H and O–H groups in total. The van der Waals surface area contributed by atoms with E-state index < -0.39 is 35.3 Å². The highest BCUT2D eigenvalue weighted by Crippen LogP contribution is 2.47. The van der Waals surface area contributed by atoms with Gasteiger partial charge in [0.2, 0.25) is 0 Å². The number of fused-ring (bicyclic) bond motifs is 1. The predicted octanol–water partition coefficient (Wildman–Crippen LogP) is 1.47. The third-order valence-electron chi connectivity index (χ3n) is 3.49. The number of aromatic hydroxyl groups is 4. The number of benzene rings is 2. The van der Waals surface area contributed by atoms with Crippen LogP contribution >= 0.6 is 0 Å². The number of hydrogen-bond acceptors (Lipinski definition) is 7. The number of cyclic esters (lactones) is 1.